The van der Waals surface area contributed by atoms with Crippen molar-refractivity contribution in [3.05, 3.63) is 23.3 Å². The Morgan fingerprint density at radius 3 is 2.14 bits per heavy atom. The molecule has 0 fully saturated rings. The van der Waals surface area contributed by atoms with Crippen molar-refractivity contribution in [3.8, 4) is 0 Å². The Bertz CT molecular complexity index is 272. The van der Waals surface area contributed by atoms with Crippen LogP contribution in [0.2, 0.25) is 0 Å². The van der Waals surface area contributed by atoms with E-state index in [4.69, 9.17) is 0 Å². The number of halogens is 3. The van der Waals surface area contributed by atoms with Crippen LogP contribution in [0.15, 0.2) is 28.3 Å². The summed E-state index contributed by atoms with van der Waals surface area (Å²) < 4.78 is 37.0. The van der Waals surface area contributed by atoms with Gasteiger partial charge < -0.3 is 0 Å². The predicted octanol–water partition coefficient (Wildman–Crippen LogP) is 3.53. The van der Waals surface area contributed by atoms with E-state index in [1.807, 2.05) is 0 Å². The van der Waals surface area contributed by atoms with Crippen molar-refractivity contribution in [2.45, 2.75) is 26.9 Å². The van der Waals surface area contributed by atoms with Crippen LogP contribution in [-0.4, -0.2) is 18.9 Å². The largest absolute Gasteiger partial charge is 0.413 e. The van der Waals surface area contributed by atoms with Crippen LogP contribution in [0.5, 0.6) is 0 Å². The lowest BCUT2D eigenvalue weighted by Crippen LogP contribution is -2.12. The third kappa shape index (κ3) is 3.77. The van der Waals surface area contributed by atoms with Gasteiger partial charge in [0.25, 0.3) is 0 Å². The number of rotatable bonds is 3. The Balaban J connectivity index is 5.17. The molecule has 0 rings (SSSR count). The first-order valence-electron chi connectivity index (χ1n) is 4.24. The Labute approximate surface area is 82.0 Å². The lowest BCUT2D eigenvalue weighted by molar-refractivity contribution is -0.0916. The summed E-state index contributed by atoms with van der Waals surface area (Å²) in [6.45, 7) is 8.28. The molecule has 1 nitrogen and oxygen atoms in total. The van der Waals surface area contributed by atoms with Crippen LogP contribution in [0.1, 0.15) is 20.8 Å². The van der Waals surface area contributed by atoms with E-state index in [1.165, 1.54) is 13.1 Å². The van der Waals surface area contributed by atoms with Crippen LogP contribution in [0.25, 0.3) is 0 Å². The molecule has 0 aliphatic carbocycles. The Hall–Kier alpha value is -1.06. The minimum Gasteiger partial charge on any atom is -0.293 e. The molecule has 0 N–H and O–H groups in total. The van der Waals surface area contributed by atoms with Crippen molar-refractivity contribution in [1.29, 1.82) is 0 Å². The smallest absolute Gasteiger partial charge is 0.293 e. The van der Waals surface area contributed by atoms with Crippen molar-refractivity contribution < 1.29 is 13.2 Å². The summed E-state index contributed by atoms with van der Waals surface area (Å²) in [6.07, 6.45) is -3.08. The molecule has 0 spiro atoms. The second-order valence-electron chi connectivity index (χ2n) is 2.94. The SMILES string of the molecule is C=C(C)/C(C=NCC)=C(/C)C(F)(F)F. The summed E-state index contributed by atoms with van der Waals surface area (Å²) >= 11 is 0. The van der Waals surface area contributed by atoms with Gasteiger partial charge in [0.15, 0.2) is 0 Å². The molecule has 0 radical (unpaired) electrons. The second-order valence-corrected chi connectivity index (χ2v) is 2.94. The first kappa shape index (κ1) is 12.9. The van der Waals surface area contributed by atoms with Gasteiger partial charge in [-0.2, -0.15) is 13.2 Å². The van der Waals surface area contributed by atoms with E-state index in [9.17, 15) is 13.2 Å². The van der Waals surface area contributed by atoms with Gasteiger partial charge in [-0.25, -0.2) is 0 Å². The minimum absolute atomic E-state index is 0.0688. The van der Waals surface area contributed by atoms with E-state index in [0.717, 1.165) is 6.92 Å². The molecule has 0 aliphatic heterocycles. The van der Waals surface area contributed by atoms with E-state index in [2.05, 4.69) is 11.6 Å². The van der Waals surface area contributed by atoms with Crippen molar-refractivity contribution in [2.75, 3.05) is 6.54 Å². The molecule has 0 heterocycles. The van der Waals surface area contributed by atoms with E-state index in [0.29, 0.717) is 12.1 Å². The zero-order valence-corrected chi connectivity index (χ0v) is 8.57. The molecule has 14 heavy (non-hydrogen) atoms. The van der Waals surface area contributed by atoms with Crippen LogP contribution in [0, 0.1) is 0 Å². The van der Waals surface area contributed by atoms with Gasteiger partial charge in [0.2, 0.25) is 0 Å². The number of allylic oxidation sites excluding steroid dienone is 3. The molecular weight excluding hydrogens is 191 g/mol. The van der Waals surface area contributed by atoms with Crippen LogP contribution in [0.4, 0.5) is 13.2 Å². The fourth-order valence-electron chi connectivity index (χ4n) is 0.862. The highest BCUT2D eigenvalue weighted by Crippen LogP contribution is 2.29. The first-order chi connectivity index (χ1) is 6.30. The maximum Gasteiger partial charge on any atom is 0.413 e. The number of hydrogen-bond acceptors (Lipinski definition) is 1. The number of nitrogens with zero attached hydrogens (tertiary/aromatic N) is 1. The third-order valence-corrected chi connectivity index (χ3v) is 1.69. The fraction of sp³-hybridized carbons (Fsp3) is 0.500. The standard InChI is InChI=1S/C10H14F3N/c1-5-14-6-9(7(2)3)8(4)10(11,12)13/h6H,2,5H2,1,3-4H3/b9-8-,14-6?. The molecule has 0 atom stereocenters. The quantitative estimate of drug-likeness (QED) is 0.493. The molecule has 4 heteroatoms. The third-order valence-electron chi connectivity index (χ3n) is 1.69. The Morgan fingerprint density at radius 2 is 1.86 bits per heavy atom. The predicted molar refractivity (Wildman–Crippen MR) is 52.6 cm³/mol. The van der Waals surface area contributed by atoms with Gasteiger partial charge in [-0.3, -0.25) is 4.99 Å². The number of alkyl halides is 3. The van der Waals surface area contributed by atoms with Gasteiger partial charge in [-0.1, -0.05) is 6.58 Å². The van der Waals surface area contributed by atoms with Crippen LogP contribution < -0.4 is 0 Å². The maximum atomic E-state index is 12.3. The second kappa shape index (κ2) is 4.98. The van der Waals surface area contributed by atoms with E-state index in [1.54, 1.807) is 6.92 Å². The Morgan fingerprint density at radius 1 is 1.36 bits per heavy atom. The molecule has 0 saturated heterocycles. The molecule has 0 amide bonds. The van der Waals surface area contributed by atoms with E-state index < -0.39 is 11.7 Å². The summed E-state index contributed by atoms with van der Waals surface area (Å²) in [7, 11) is 0. The average Bonchev–Trinajstić information content (AvgIpc) is 2.02. The monoisotopic (exact) mass is 205 g/mol. The molecule has 80 valence electrons. The van der Waals surface area contributed by atoms with Crippen molar-refractivity contribution >= 4 is 6.21 Å². The Kier molecular flexibility index (Phi) is 4.60. The van der Waals surface area contributed by atoms with Crippen LogP contribution >= 0.6 is 0 Å². The summed E-state index contributed by atoms with van der Waals surface area (Å²) in [4.78, 5) is 3.78. The first-order valence-corrected chi connectivity index (χ1v) is 4.24. The molecule has 0 bridgehead atoms. The molecule has 0 saturated carbocycles. The van der Waals surface area contributed by atoms with Gasteiger partial charge in [0, 0.05) is 23.9 Å². The lowest BCUT2D eigenvalue weighted by atomic mass is 10.0. The highest BCUT2D eigenvalue weighted by Gasteiger charge is 2.32. The zero-order chi connectivity index (χ0) is 11.4. The number of hydrogen-bond donors (Lipinski definition) is 0. The topological polar surface area (TPSA) is 12.4 Å². The van der Waals surface area contributed by atoms with Crippen molar-refractivity contribution in [1.82, 2.24) is 0 Å². The minimum atomic E-state index is -4.31. The van der Waals surface area contributed by atoms with Gasteiger partial charge in [-0.05, 0) is 26.3 Å². The summed E-state index contributed by atoms with van der Waals surface area (Å²) in [5, 5.41) is 0. The summed E-state index contributed by atoms with van der Waals surface area (Å²) in [5.74, 6) is 0. The summed E-state index contributed by atoms with van der Waals surface area (Å²) in [6, 6.07) is 0. The highest BCUT2D eigenvalue weighted by molar-refractivity contribution is 5.85. The van der Waals surface area contributed by atoms with Crippen molar-refractivity contribution in [3.63, 3.8) is 0 Å². The van der Waals surface area contributed by atoms with E-state index >= 15 is 0 Å². The van der Waals surface area contributed by atoms with Gasteiger partial charge in [0.05, 0.1) is 0 Å². The maximum absolute atomic E-state index is 12.3. The molecule has 0 aromatic heterocycles. The van der Waals surface area contributed by atoms with Crippen molar-refractivity contribution in [2.24, 2.45) is 4.99 Å². The fourth-order valence-corrected chi connectivity index (χ4v) is 0.862. The van der Waals surface area contributed by atoms with Crippen LogP contribution in [-0.2, 0) is 0 Å². The molecule has 0 aromatic rings. The average molecular weight is 205 g/mol. The zero-order valence-electron chi connectivity index (χ0n) is 8.57. The number of aliphatic imine (C=N–C) groups is 1. The molecule has 0 unspecified atom stereocenters. The lowest BCUT2D eigenvalue weighted by Gasteiger charge is -2.11. The normalized spacial score (nSPS) is 14.4. The molecule has 0 aromatic carbocycles. The van der Waals surface area contributed by atoms with Crippen LogP contribution in [0.3, 0.4) is 0 Å². The van der Waals surface area contributed by atoms with Gasteiger partial charge in [0.1, 0.15) is 0 Å². The molecular formula is C10H14F3N. The highest BCUT2D eigenvalue weighted by atomic mass is 19.4. The van der Waals surface area contributed by atoms with Gasteiger partial charge in [-0.15, -0.1) is 0 Å². The summed E-state index contributed by atoms with van der Waals surface area (Å²) in [5.41, 5.74) is -0.210. The van der Waals surface area contributed by atoms with Gasteiger partial charge >= 0.3 is 6.18 Å². The molecule has 0 aliphatic rings. The van der Waals surface area contributed by atoms with E-state index in [-0.39, 0.29) is 5.57 Å².